The van der Waals surface area contributed by atoms with E-state index in [1.54, 1.807) is 0 Å². The first-order valence-electron chi connectivity index (χ1n) is 6.53. The predicted molar refractivity (Wildman–Crippen MR) is 67.9 cm³/mol. The van der Waals surface area contributed by atoms with Crippen molar-refractivity contribution in [2.24, 2.45) is 0 Å². The molecule has 1 aliphatic rings. The standard InChI is InChI=1S/C13H23N3O/c1-3-16-11-12(10-14-16)9-13(17)5-4-7-15(2)8-6-13/h10-11,17H,3-9H2,1-2H3. The molecule has 17 heavy (non-hydrogen) atoms. The summed E-state index contributed by atoms with van der Waals surface area (Å²) in [6.07, 6.45) is 7.51. The van der Waals surface area contributed by atoms with Crippen LogP contribution in [0.2, 0.25) is 0 Å². The Morgan fingerprint density at radius 3 is 2.94 bits per heavy atom. The Morgan fingerprint density at radius 2 is 2.24 bits per heavy atom. The minimum absolute atomic E-state index is 0.535. The highest BCUT2D eigenvalue weighted by atomic mass is 16.3. The lowest BCUT2D eigenvalue weighted by Crippen LogP contribution is -2.32. The summed E-state index contributed by atoms with van der Waals surface area (Å²) >= 11 is 0. The third-order valence-corrected chi connectivity index (χ3v) is 3.68. The van der Waals surface area contributed by atoms with Crippen molar-refractivity contribution in [3.63, 3.8) is 0 Å². The lowest BCUT2D eigenvalue weighted by atomic mass is 9.89. The Balaban J connectivity index is 2.00. The van der Waals surface area contributed by atoms with Gasteiger partial charge in [0.15, 0.2) is 0 Å². The number of aromatic nitrogens is 2. The van der Waals surface area contributed by atoms with E-state index in [9.17, 15) is 5.11 Å². The molecule has 2 rings (SSSR count). The summed E-state index contributed by atoms with van der Waals surface area (Å²) in [5, 5.41) is 14.9. The van der Waals surface area contributed by atoms with Crippen LogP contribution < -0.4 is 0 Å². The van der Waals surface area contributed by atoms with Gasteiger partial charge in [-0.25, -0.2) is 0 Å². The van der Waals surface area contributed by atoms with Crippen LogP contribution in [-0.2, 0) is 13.0 Å². The molecule has 0 spiro atoms. The molecule has 1 fully saturated rings. The van der Waals surface area contributed by atoms with Crippen molar-refractivity contribution < 1.29 is 5.11 Å². The number of nitrogens with zero attached hydrogens (tertiary/aromatic N) is 3. The maximum Gasteiger partial charge on any atom is 0.0701 e. The molecular formula is C13H23N3O. The van der Waals surface area contributed by atoms with E-state index >= 15 is 0 Å². The highest BCUT2D eigenvalue weighted by Crippen LogP contribution is 2.25. The van der Waals surface area contributed by atoms with Crippen LogP contribution in [0.3, 0.4) is 0 Å². The molecule has 0 saturated carbocycles. The number of rotatable bonds is 3. The molecule has 1 aliphatic heterocycles. The van der Waals surface area contributed by atoms with Gasteiger partial charge < -0.3 is 10.0 Å². The molecule has 1 saturated heterocycles. The van der Waals surface area contributed by atoms with Crippen LogP contribution >= 0.6 is 0 Å². The molecule has 0 amide bonds. The Labute approximate surface area is 103 Å². The second-order valence-electron chi connectivity index (χ2n) is 5.26. The van der Waals surface area contributed by atoms with Crippen molar-refractivity contribution in [3.8, 4) is 0 Å². The Hall–Kier alpha value is -0.870. The Morgan fingerprint density at radius 1 is 1.41 bits per heavy atom. The fraction of sp³-hybridized carbons (Fsp3) is 0.769. The molecule has 4 heteroatoms. The van der Waals surface area contributed by atoms with E-state index in [1.165, 1.54) is 0 Å². The van der Waals surface area contributed by atoms with E-state index in [-0.39, 0.29) is 0 Å². The van der Waals surface area contributed by atoms with E-state index in [1.807, 2.05) is 17.1 Å². The van der Waals surface area contributed by atoms with Crippen LogP contribution in [0.4, 0.5) is 0 Å². The zero-order valence-electron chi connectivity index (χ0n) is 10.9. The van der Waals surface area contributed by atoms with E-state index in [0.717, 1.165) is 50.9 Å². The summed E-state index contributed by atoms with van der Waals surface area (Å²) in [6, 6.07) is 0. The summed E-state index contributed by atoms with van der Waals surface area (Å²) in [5.74, 6) is 0. The van der Waals surface area contributed by atoms with Crippen LogP contribution in [-0.4, -0.2) is 45.5 Å². The van der Waals surface area contributed by atoms with E-state index < -0.39 is 5.60 Å². The van der Waals surface area contributed by atoms with Gasteiger partial charge in [0, 0.05) is 25.7 Å². The van der Waals surface area contributed by atoms with Crippen molar-refractivity contribution in [3.05, 3.63) is 18.0 Å². The smallest absolute Gasteiger partial charge is 0.0701 e. The van der Waals surface area contributed by atoms with Crippen LogP contribution in [0.5, 0.6) is 0 Å². The molecule has 1 aromatic heterocycles. The molecule has 1 atom stereocenters. The summed E-state index contributed by atoms with van der Waals surface area (Å²) < 4.78 is 1.92. The summed E-state index contributed by atoms with van der Waals surface area (Å²) in [6.45, 7) is 5.04. The van der Waals surface area contributed by atoms with Gasteiger partial charge in [0.25, 0.3) is 0 Å². The second-order valence-corrected chi connectivity index (χ2v) is 5.26. The van der Waals surface area contributed by atoms with Gasteiger partial charge >= 0.3 is 0 Å². The number of hydrogen-bond donors (Lipinski definition) is 1. The van der Waals surface area contributed by atoms with E-state index in [2.05, 4.69) is 24.0 Å². The number of aryl methyl sites for hydroxylation is 1. The highest BCUT2D eigenvalue weighted by Gasteiger charge is 2.29. The topological polar surface area (TPSA) is 41.3 Å². The fourth-order valence-electron chi connectivity index (χ4n) is 2.54. The average molecular weight is 237 g/mol. The van der Waals surface area contributed by atoms with Crippen molar-refractivity contribution in [1.82, 2.24) is 14.7 Å². The lowest BCUT2D eigenvalue weighted by molar-refractivity contribution is 0.0263. The van der Waals surface area contributed by atoms with Crippen molar-refractivity contribution >= 4 is 0 Å². The van der Waals surface area contributed by atoms with Gasteiger partial charge in [-0.15, -0.1) is 0 Å². The molecule has 1 N–H and O–H groups in total. The number of hydrogen-bond acceptors (Lipinski definition) is 3. The van der Waals surface area contributed by atoms with Gasteiger partial charge in [-0.05, 0) is 45.3 Å². The van der Waals surface area contributed by atoms with Crippen LogP contribution in [0.25, 0.3) is 0 Å². The van der Waals surface area contributed by atoms with Crippen molar-refractivity contribution in [2.45, 2.75) is 44.8 Å². The normalized spacial score (nSPS) is 27.0. The first kappa shape index (κ1) is 12.6. The van der Waals surface area contributed by atoms with Crippen molar-refractivity contribution in [2.75, 3.05) is 20.1 Å². The largest absolute Gasteiger partial charge is 0.389 e. The zero-order chi connectivity index (χ0) is 12.3. The molecule has 0 aromatic carbocycles. The second kappa shape index (κ2) is 5.19. The van der Waals surface area contributed by atoms with Gasteiger partial charge in [-0.2, -0.15) is 5.10 Å². The van der Waals surface area contributed by atoms with Gasteiger partial charge in [0.05, 0.1) is 11.8 Å². The first-order valence-corrected chi connectivity index (χ1v) is 6.53. The minimum atomic E-state index is -0.535. The fourth-order valence-corrected chi connectivity index (χ4v) is 2.54. The zero-order valence-corrected chi connectivity index (χ0v) is 10.9. The third-order valence-electron chi connectivity index (χ3n) is 3.68. The molecule has 1 aromatic rings. The quantitative estimate of drug-likeness (QED) is 0.861. The monoisotopic (exact) mass is 237 g/mol. The maximum atomic E-state index is 10.6. The number of aliphatic hydroxyl groups is 1. The van der Waals surface area contributed by atoms with Crippen LogP contribution in [0, 0.1) is 0 Å². The molecule has 0 aliphatic carbocycles. The van der Waals surface area contributed by atoms with E-state index in [0.29, 0.717) is 0 Å². The molecule has 1 unspecified atom stereocenters. The minimum Gasteiger partial charge on any atom is -0.389 e. The molecule has 4 nitrogen and oxygen atoms in total. The molecule has 0 radical (unpaired) electrons. The average Bonchev–Trinajstić information content (AvgIpc) is 2.67. The Bertz CT molecular complexity index is 363. The Kier molecular flexibility index (Phi) is 3.84. The van der Waals surface area contributed by atoms with Crippen LogP contribution in [0.15, 0.2) is 12.4 Å². The first-order chi connectivity index (χ1) is 8.11. The van der Waals surface area contributed by atoms with Gasteiger partial charge in [0.1, 0.15) is 0 Å². The van der Waals surface area contributed by atoms with Gasteiger partial charge in [0.2, 0.25) is 0 Å². The molecule has 96 valence electrons. The van der Waals surface area contributed by atoms with Crippen LogP contribution in [0.1, 0.15) is 31.7 Å². The molecular weight excluding hydrogens is 214 g/mol. The van der Waals surface area contributed by atoms with Gasteiger partial charge in [-0.3, -0.25) is 4.68 Å². The highest BCUT2D eigenvalue weighted by molar-refractivity contribution is 5.08. The molecule has 0 bridgehead atoms. The maximum absolute atomic E-state index is 10.6. The summed E-state index contributed by atoms with van der Waals surface area (Å²) in [4.78, 5) is 2.30. The SMILES string of the molecule is CCn1cc(CC2(O)CCCN(C)CC2)cn1. The lowest BCUT2D eigenvalue weighted by Gasteiger charge is -2.26. The van der Waals surface area contributed by atoms with Gasteiger partial charge in [-0.1, -0.05) is 0 Å². The molecule has 2 heterocycles. The summed E-state index contributed by atoms with van der Waals surface area (Å²) in [5.41, 5.74) is 0.616. The summed E-state index contributed by atoms with van der Waals surface area (Å²) in [7, 11) is 2.13. The number of likely N-dealkylation sites (tertiary alicyclic amines) is 1. The van der Waals surface area contributed by atoms with Crippen molar-refractivity contribution in [1.29, 1.82) is 0 Å². The van der Waals surface area contributed by atoms with E-state index in [4.69, 9.17) is 0 Å². The third kappa shape index (κ3) is 3.30. The predicted octanol–water partition coefficient (Wildman–Crippen LogP) is 1.29.